The number of aryl methyl sites for hydroxylation is 1. The lowest BCUT2D eigenvalue weighted by Crippen LogP contribution is -2.15. The average molecular weight is 313 g/mol. The second kappa shape index (κ2) is 6.31. The average Bonchev–Trinajstić information content (AvgIpc) is 2.89. The standard InChI is InChI=1S/C12H10ClFN4O3/c13-10-5-8(14)1-2-11(10)16-12(19)3-4-17-7-9(6-15-17)18(20)21/h1-2,5-7H,3-4H2,(H,16,19). The van der Waals surface area contributed by atoms with Gasteiger partial charge in [0.2, 0.25) is 5.91 Å². The van der Waals surface area contributed by atoms with E-state index in [2.05, 4.69) is 10.4 Å². The van der Waals surface area contributed by atoms with Crippen molar-refractivity contribution in [2.45, 2.75) is 13.0 Å². The zero-order valence-electron chi connectivity index (χ0n) is 10.6. The molecule has 21 heavy (non-hydrogen) atoms. The fourth-order valence-corrected chi connectivity index (χ4v) is 1.80. The van der Waals surface area contributed by atoms with E-state index in [1.807, 2.05) is 0 Å². The summed E-state index contributed by atoms with van der Waals surface area (Å²) in [7, 11) is 0. The van der Waals surface area contributed by atoms with Crippen LogP contribution < -0.4 is 5.32 Å². The Labute approximate surface area is 123 Å². The third-order valence-corrected chi connectivity index (χ3v) is 2.92. The molecule has 1 aromatic carbocycles. The van der Waals surface area contributed by atoms with Crippen LogP contribution in [0.15, 0.2) is 30.6 Å². The molecule has 0 spiro atoms. The summed E-state index contributed by atoms with van der Waals surface area (Å²) in [5.41, 5.74) is 0.159. The van der Waals surface area contributed by atoms with Crippen molar-refractivity contribution in [2.75, 3.05) is 5.32 Å². The van der Waals surface area contributed by atoms with E-state index in [0.29, 0.717) is 5.69 Å². The normalized spacial score (nSPS) is 10.4. The van der Waals surface area contributed by atoms with Gasteiger partial charge in [0.25, 0.3) is 0 Å². The highest BCUT2D eigenvalue weighted by Gasteiger charge is 2.11. The van der Waals surface area contributed by atoms with E-state index in [1.165, 1.54) is 23.0 Å². The van der Waals surface area contributed by atoms with Crippen LogP contribution in [0.3, 0.4) is 0 Å². The van der Waals surface area contributed by atoms with Crippen molar-refractivity contribution in [1.82, 2.24) is 9.78 Å². The molecule has 0 unspecified atom stereocenters. The molecule has 1 amide bonds. The molecule has 0 atom stereocenters. The van der Waals surface area contributed by atoms with Gasteiger partial charge in [-0.1, -0.05) is 11.6 Å². The minimum absolute atomic E-state index is 0.0482. The molecule has 1 heterocycles. The Bertz CT molecular complexity index is 689. The highest BCUT2D eigenvalue weighted by molar-refractivity contribution is 6.33. The summed E-state index contributed by atoms with van der Waals surface area (Å²) >= 11 is 5.78. The smallest absolute Gasteiger partial charge is 0.306 e. The van der Waals surface area contributed by atoms with Crippen molar-refractivity contribution in [3.63, 3.8) is 0 Å². The third-order valence-electron chi connectivity index (χ3n) is 2.60. The zero-order valence-corrected chi connectivity index (χ0v) is 11.4. The quantitative estimate of drug-likeness (QED) is 0.678. The van der Waals surface area contributed by atoms with E-state index < -0.39 is 10.7 Å². The summed E-state index contributed by atoms with van der Waals surface area (Å²) < 4.78 is 14.2. The van der Waals surface area contributed by atoms with Gasteiger partial charge in [-0.05, 0) is 18.2 Å². The molecule has 2 aromatic rings. The number of aromatic nitrogens is 2. The first-order chi connectivity index (χ1) is 9.95. The Hall–Kier alpha value is -2.48. The van der Waals surface area contributed by atoms with Gasteiger partial charge in [-0.25, -0.2) is 4.39 Å². The lowest BCUT2D eigenvalue weighted by atomic mass is 10.3. The predicted octanol–water partition coefficient (Wildman–Crippen LogP) is 2.61. The number of hydrogen-bond acceptors (Lipinski definition) is 4. The SMILES string of the molecule is O=C(CCn1cc([N+](=O)[O-])cn1)Nc1ccc(F)cc1Cl. The largest absolute Gasteiger partial charge is 0.325 e. The number of carbonyl (C=O) groups excluding carboxylic acids is 1. The van der Waals surface area contributed by atoms with Crippen LogP contribution in [0.2, 0.25) is 5.02 Å². The summed E-state index contributed by atoms with van der Waals surface area (Å²) in [6, 6.07) is 3.63. The van der Waals surface area contributed by atoms with Crippen LogP contribution >= 0.6 is 11.6 Å². The number of nitrogens with one attached hydrogen (secondary N) is 1. The van der Waals surface area contributed by atoms with Gasteiger partial charge in [-0.2, -0.15) is 5.10 Å². The Morgan fingerprint density at radius 1 is 1.52 bits per heavy atom. The Balaban J connectivity index is 1.91. The van der Waals surface area contributed by atoms with Gasteiger partial charge < -0.3 is 5.32 Å². The molecule has 0 saturated carbocycles. The first kappa shape index (κ1) is 14.9. The summed E-state index contributed by atoms with van der Waals surface area (Å²) in [6.07, 6.45) is 2.39. The number of nitrogens with zero attached hydrogens (tertiary/aromatic N) is 3. The van der Waals surface area contributed by atoms with Crippen LogP contribution in [0.1, 0.15) is 6.42 Å². The number of hydrogen-bond donors (Lipinski definition) is 1. The number of benzene rings is 1. The number of carbonyl (C=O) groups is 1. The van der Waals surface area contributed by atoms with Crippen molar-refractivity contribution >= 4 is 28.9 Å². The molecule has 2 rings (SSSR count). The minimum atomic E-state index is -0.568. The summed E-state index contributed by atoms with van der Waals surface area (Å²) in [5, 5.41) is 16.9. The third kappa shape index (κ3) is 3.99. The molecule has 0 aliphatic rings. The molecule has 7 nitrogen and oxygen atoms in total. The van der Waals surface area contributed by atoms with Gasteiger partial charge in [0, 0.05) is 13.0 Å². The minimum Gasteiger partial charge on any atom is -0.325 e. The van der Waals surface area contributed by atoms with E-state index >= 15 is 0 Å². The second-order valence-electron chi connectivity index (χ2n) is 4.14. The van der Waals surface area contributed by atoms with Crippen molar-refractivity contribution < 1.29 is 14.1 Å². The predicted molar refractivity (Wildman–Crippen MR) is 73.5 cm³/mol. The first-order valence-corrected chi connectivity index (χ1v) is 6.25. The summed E-state index contributed by atoms with van der Waals surface area (Å²) in [4.78, 5) is 21.6. The van der Waals surface area contributed by atoms with Crippen molar-refractivity contribution in [3.05, 3.63) is 51.5 Å². The van der Waals surface area contributed by atoms with E-state index in [0.717, 1.165) is 12.3 Å². The number of rotatable bonds is 5. The number of nitro groups is 1. The molecule has 1 aromatic heterocycles. The van der Waals surface area contributed by atoms with Crippen LogP contribution in [-0.4, -0.2) is 20.6 Å². The Morgan fingerprint density at radius 3 is 2.90 bits per heavy atom. The molecule has 0 saturated heterocycles. The molecular formula is C12H10ClFN4O3. The molecule has 9 heteroatoms. The van der Waals surface area contributed by atoms with Crippen molar-refractivity contribution in [1.29, 1.82) is 0 Å². The van der Waals surface area contributed by atoms with Crippen LogP contribution in [-0.2, 0) is 11.3 Å². The molecule has 1 N–H and O–H groups in total. The highest BCUT2D eigenvalue weighted by atomic mass is 35.5. The van der Waals surface area contributed by atoms with Gasteiger partial charge in [-0.3, -0.25) is 19.6 Å². The molecule has 0 bridgehead atoms. The molecule has 0 aliphatic carbocycles. The van der Waals surface area contributed by atoms with Gasteiger partial charge >= 0.3 is 5.69 Å². The van der Waals surface area contributed by atoms with Crippen LogP contribution in [0.4, 0.5) is 15.8 Å². The fourth-order valence-electron chi connectivity index (χ4n) is 1.59. The van der Waals surface area contributed by atoms with Crippen molar-refractivity contribution in [2.24, 2.45) is 0 Å². The highest BCUT2D eigenvalue weighted by Crippen LogP contribution is 2.22. The van der Waals surface area contributed by atoms with Crippen LogP contribution in [0.25, 0.3) is 0 Å². The van der Waals surface area contributed by atoms with E-state index in [-0.39, 0.29) is 29.6 Å². The first-order valence-electron chi connectivity index (χ1n) is 5.87. The zero-order chi connectivity index (χ0) is 15.4. The summed E-state index contributed by atoms with van der Waals surface area (Å²) in [5.74, 6) is -0.858. The van der Waals surface area contributed by atoms with E-state index in [9.17, 15) is 19.3 Å². The maximum absolute atomic E-state index is 12.9. The van der Waals surface area contributed by atoms with Crippen LogP contribution in [0, 0.1) is 15.9 Å². The van der Waals surface area contributed by atoms with Gasteiger partial charge in [0.05, 0.1) is 15.6 Å². The monoisotopic (exact) mass is 312 g/mol. The van der Waals surface area contributed by atoms with Gasteiger partial charge in [-0.15, -0.1) is 0 Å². The summed E-state index contributed by atoms with van der Waals surface area (Å²) in [6.45, 7) is 0.179. The lowest BCUT2D eigenvalue weighted by Gasteiger charge is -2.07. The van der Waals surface area contributed by atoms with Gasteiger partial charge in [0.15, 0.2) is 0 Å². The Kier molecular flexibility index (Phi) is 4.49. The van der Waals surface area contributed by atoms with E-state index in [4.69, 9.17) is 11.6 Å². The number of anilines is 1. The Morgan fingerprint density at radius 2 is 2.29 bits per heavy atom. The van der Waals surface area contributed by atoms with Crippen LogP contribution in [0.5, 0.6) is 0 Å². The molecule has 0 radical (unpaired) electrons. The molecule has 110 valence electrons. The van der Waals surface area contributed by atoms with Gasteiger partial charge in [0.1, 0.15) is 18.2 Å². The van der Waals surface area contributed by atoms with Crippen molar-refractivity contribution in [3.8, 4) is 0 Å². The van der Waals surface area contributed by atoms with E-state index in [1.54, 1.807) is 0 Å². The fraction of sp³-hybridized carbons (Fsp3) is 0.167. The number of halogens is 2. The topological polar surface area (TPSA) is 90.1 Å². The lowest BCUT2D eigenvalue weighted by molar-refractivity contribution is -0.385. The maximum atomic E-state index is 12.9. The maximum Gasteiger partial charge on any atom is 0.306 e. The molecular weight excluding hydrogens is 303 g/mol. The molecule has 0 aliphatic heterocycles. The number of amides is 1. The second-order valence-corrected chi connectivity index (χ2v) is 4.55. The molecule has 0 fully saturated rings.